The summed E-state index contributed by atoms with van der Waals surface area (Å²) in [6.07, 6.45) is 1.67. The minimum atomic E-state index is -0.0239. The Morgan fingerprint density at radius 2 is 1.85 bits per heavy atom. The Bertz CT molecular complexity index is 934. The Morgan fingerprint density at radius 3 is 2.59 bits per heavy atom. The number of rotatable bonds is 4. The van der Waals surface area contributed by atoms with Crippen LogP contribution in [0.5, 0.6) is 0 Å². The molecule has 1 aliphatic heterocycles. The van der Waals surface area contributed by atoms with Crippen molar-refractivity contribution in [3.05, 3.63) is 71.9 Å². The lowest BCUT2D eigenvalue weighted by Gasteiger charge is -2.27. The Balaban J connectivity index is 1.44. The van der Waals surface area contributed by atoms with Gasteiger partial charge < -0.3 is 14.5 Å². The number of hydrogen-bond acceptors (Lipinski definition) is 4. The third-order valence-electron chi connectivity index (χ3n) is 4.91. The van der Waals surface area contributed by atoms with Crippen LogP contribution in [-0.2, 0) is 11.3 Å². The molecule has 5 heteroatoms. The zero-order valence-electron chi connectivity index (χ0n) is 15.5. The Kier molecular flexibility index (Phi) is 5.03. The van der Waals surface area contributed by atoms with Crippen LogP contribution in [0.3, 0.4) is 0 Å². The minimum Gasteiger partial charge on any atom is -0.378 e. The number of ether oxygens (including phenoxy) is 1. The van der Waals surface area contributed by atoms with E-state index in [0.717, 1.165) is 37.7 Å². The molecule has 3 aromatic rings. The first-order chi connectivity index (χ1) is 13.2. The highest BCUT2D eigenvalue weighted by atomic mass is 16.5. The molecule has 1 aromatic heterocycles. The molecular weight excluding hydrogens is 338 g/mol. The van der Waals surface area contributed by atoms with Gasteiger partial charge in [0.1, 0.15) is 5.82 Å². The number of amides is 1. The SMILES string of the molecule is CN(Cc1ccc2ccccc2c1)C(=O)c1ccc(N2CCOCC2)nc1. The highest BCUT2D eigenvalue weighted by Gasteiger charge is 2.16. The molecule has 5 nitrogen and oxygen atoms in total. The predicted octanol–water partition coefficient (Wildman–Crippen LogP) is 3.34. The molecule has 0 unspecified atom stereocenters. The second kappa shape index (κ2) is 7.76. The van der Waals surface area contributed by atoms with Gasteiger partial charge in [0, 0.05) is 32.9 Å². The maximum atomic E-state index is 12.8. The Morgan fingerprint density at radius 1 is 1.07 bits per heavy atom. The number of anilines is 1. The molecule has 1 fully saturated rings. The molecular formula is C22H23N3O2. The number of carbonyl (C=O) groups is 1. The largest absolute Gasteiger partial charge is 0.378 e. The molecule has 2 heterocycles. The molecule has 0 bridgehead atoms. The zero-order valence-corrected chi connectivity index (χ0v) is 15.5. The number of morpholine rings is 1. The van der Waals surface area contributed by atoms with Crippen LogP contribution in [0.15, 0.2) is 60.8 Å². The van der Waals surface area contributed by atoms with E-state index in [1.165, 1.54) is 10.8 Å². The minimum absolute atomic E-state index is 0.0239. The number of carbonyl (C=O) groups excluding carboxylic acids is 1. The van der Waals surface area contributed by atoms with Crippen molar-refractivity contribution in [3.63, 3.8) is 0 Å². The van der Waals surface area contributed by atoms with Crippen molar-refractivity contribution in [1.82, 2.24) is 9.88 Å². The summed E-state index contributed by atoms with van der Waals surface area (Å²) in [5, 5.41) is 2.39. The number of nitrogens with zero attached hydrogens (tertiary/aromatic N) is 3. The van der Waals surface area contributed by atoms with Crippen molar-refractivity contribution in [2.45, 2.75) is 6.54 Å². The summed E-state index contributed by atoms with van der Waals surface area (Å²) in [6.45, 7) is 3.67. The fraction of sp³-hybridized carbons (Fsp3) is 0.273. The summed E-state index contributed by atoms with van der Waals surface area (Å²) in [7, 11) is 1.83. The maximum absolute atomic E-state index is 12.8. The highest BCUT2D eigenvalue weighted by Crippen LogP contribution is 2.18. The van der Waals surface area contributed by atoms with Crippen molar-refractivity contribution in [2.75, 3.05) is 38.3 Å². The molecule has 4 rings (SSSR count). The van der Waals surface area contributed by atoms with E-state index in [1.54, 1.807) is 11.1 Å². The van der Waals surface area contributed by atoms with Crippen LogP contribution in [0.4, 0.5) is 5.82 Å². The van der Waals surface area contributed by atoms with E-state index in [-0.39, 0.29) is 5.91 Å². The van der Waals surface area contributed by atoms with Crippen LogP contribution < -0.4 is 4.90 Å². The van der Waals surface area contributed by atoms with Gasteiger partial charge in [-0.05, 0) is 34.5 Å². The lowest BCUT2D eigenvalue weighted by Crippen LogP contribution is -2.36. The number of benzene rings is 2. The van der Waals surface area contributed by atoms with Gasteiger partial charge in [-0.2, -0.15) is 0 Å². The average molecular weight is 361 g/mol. The average Bonchev–Trinajstić information content (AvgIpc) is 2.74. The molecule has 0 spiro atoms. The first-order valence-corrected chi connectivity index (χ1v) is 9.22. The third-order valence-corrected chi connectivity index (χ3v) is 4.91. The second-order valence-corrected chi connectivity index (χ2v) is 6.85. The molecule has 138 valence electrons. The van der Waals surface area contributed by atoms with Gasteiger partial charge in [-0.1, -0.05) is 36.4 Å². The summed E-state index contributed by atoms with van der Waals surface area (Å²) in [4.78, 5) is 21.1. The summed E-state index contributed by atoms with van der Waals surface area (Å²) >= 11 is 0. The van der Waals surface area contributed by atoms with E-state index in [2.05, 4.69) is 40.2 Å². The van der Waals surface area contributed by atoms with Gasteiger partial charge in [-0.15, -0.1) is 0 Å². The van der Waals surface area contributed by atoms with Gasteiger partial charge in [0.15, 0.2) is 0 Å². The number of fused-ring (bicyclic) bond motifs is 1. The quantitative estimate of drug-likeness (QED) is 0.715. The van der Waals surface area contributed by atoms with E-state index in [4.69, 9.17) is 4.74 Å². The zero-order chi connectivity index (χ0) is 18.6. The molecule has 0 saturated carbocycles. The molecule has 0 atom stereocenters. The van der Waals surface area contributed by atoms with Gasteiger partial charge >= 0.3 is 0 Å². The van der Waals surface area contributed by atoms with Crippen LogP contribution in [0.1, 0.15) is 15.9 Å². The highest BCUT2D eigenvalue weighted by molar-refractivity contribution is 5.94. The van der Waals surface area contributed by atoms with Crippen molar-refractivity contribution < 1.29 is 9.53 Å². The van der Waals surface area contributed by atoms with Gasteiger partial charge in [-0.25, -0.2) is 4.98 Å². The summed E-state index contributed by atoms with van der Waals surface area (Å²) in [6, 6.07) is 18.3. The lowest BCUT2D eigenvalue weighted by atomic mass is 10.1. The first-order valence-electron chi connectivity index (χ1n) is 9.22. The summed E-state index contributed by atoms with van der Waals surface area (Å²) in [5.41, 5.74) is 1.72. The van der Waals surface area contributed by atoms with E-state index in [9.17, 15) is 4.79 Å². The topological polar surface area (TPSA) is 45.7 Å². The Labute approximate surface area is 159 Å². The molecule has 1 amide bonds. The fourth-order valence-electron chi connectivity index (χ4n) is 3.40. The fourth-order valence-corrected chi connectivity index (χ4v) is 3.40. The van der Waals surface area contributed by atoms with Crippen molar-refractivity contribution >= 4 is 22.5 Å². The van der Waals surface area contributed by atoms with Gasteiger partial charge in [0.25, 0.3) is 5.91 Å². The smallest absolute Gasteiger partial charge is 0.255 e. The number of hydrogen-bond donors (Lipinski definition) is 0. The second-order valence-electron chi connectivity index (χ2n) is 6.85. The van der Waals surface area contributed by atoms with Crippen molar-refractivity contribution in [2.24, 2.45) is 0 Å². The van der Waals surface area contributed by atoms with E-state index >= 15 is 0 Å². The first kappa shape index (κ1) is 17.5. The van der Waals surface area contributed by atoms with Gasteiger partial charge in [0.05, 0.1) is 18.8 Å². The molecule has 2 aromatic carbocycles. The van der Waals surface area contributed by atoms with E-state index < -0.39 is 0 Å². The normalized spacial score (nSPS) is 14.3. The van der Waals surface area contributed by atoms with Crippen molar-refractivity contribution in [3.8, 4) is 0 Å². The molecule has 0 radical (unpaired) electrons. The van der Waals surface area contributed by atoms with Crippen LogP contribution in [0.2, 0.25) is 0 Å². The van der Waals surface area contributed by atoms with Gasteiger partial charge in [0.2, 0.25) is 0 Å². The standard InChI is InChI=1S/C22H23N3O2/c1-24(16-17-6-7-18-4-2-3-5-19(18)14-17)22(26)20-8-9-21(23-15-20)25-10-12-27-13-11-25/h2-9,14-15H,10-13,16H2,1H3. The van der Waals surface area contributed by atoms with Crippen LogP contribution in [0, 0.1) is 0 Å². The number of pyridine rings is 1. The molecule has 27 heavy (non-hydrogen) atoms. The van der Waals surface area contributed by atoms with Crippen LogP contribution >= 0.6 is 0 Å². The van der Waals surface area contributed by atoms with Crippen LogP contribution in [-0.4, -0.2) is 49.1 Å². The molecule has 0 N–H and O–H groups in total. The van der Waals surface area contributed by atoms with E-state index in [1.807, 2.05) is 31.3 Å². The van der Waals surface area contributed by atoms with Gasteiger partial charge in [-0.3, -0.25) is 4.79 Å². The lowest BCUT2D eigenvalue weighted by molar-refractivity contribution is 0.0784. The summed E-state index contributed by atoms with van der Waals surface area (Å²) < 4.78 is 5.37. The van der Waals surface area contributed by atoms with Crippen molar-refractivity contribution in [1.29, 1.82) is 0 Å². The number of aromatic nitrogens is 1. The monoisotopic (exact) mass is 361 g/mol. The predicted molar refractivity (Wildman–Crippen MR) is 107 cm³/mol. The molecule has 0 aliphatic carbocycles. The third kappa shape index (κ3) is 3.93. The van der Waals surface area contributed by atoms with Crippen LogP contribution in [0.25, 0.3) is 10.8 Å². The molecule has 1 aliphatic rings. The Hall–Kier alpha value is -2.92. The maximum Gasteiger partial charge on any atom is 0.255 e. The van der Waals surface area contributed by atoms with E-state index in [0.29, 0.717) is 12.1 Å². The summed E-state index contributed by atoms with van der Waals surface area (Å²) in [5.74, 6) is 0.871. The molecule has 1 saturated heterocycles.